The van der Waals surface area contributed by atoms with Crippen molar-refractivity contribution in [2.45, 2.75) is 50.1 Å². The van der Waals surface area contributed by atoms with Crippen LogP contribution in [0.2, 0.25) is 0 Å². The van der Waals surface area contributed by atoms with Gasteiger partial charge in [0.05, 0.1) is 11.5 Å². The molecule has 12 nitrogen and oxygen atoms in total. The van der Waals surface area contributed by atoms with E-state index in [1.807, 2.05) is 0 Å². The number of likely N-dealkylation sites (tertiary alicyclic amines) is 1. The Kier molecular flexibility index (Phi) is 6.87. The first-order chi connectivity index (χ1) is 15.9. The summed E-state index contributed by atoms with van der Waals surface area (Å²) in [5.74, 6) is -4.18. The Morgan fingerprint density at radius 2 is 2.00 bits per heavy atom. The van der Waals surface area contributed by atoms with Gasteiger partial charge in [0.15, 0.2) is 28.2 Å². The van der Waals surface area contributed by atoms with Crippen LogP contribution in [0.4, 0.5) is 0 Å². The van der Waals surface area contributed by atoms with Gasteiger partial charge in [0.25, 0.3) is 5.91 Å². The number of amides is 2. The molecule has 13 heteroatoms. The molecule has 2 heterocycles. The zero-order valence-corrected chi connectivity index (χ0v) is 19.4. The Morgan fingerprint density at radius 1 is 1.32 bits per heavy atom. The third kappa shape index (κ3) is 4.42. The van der Waals surface area contributed by atoms with Crippen molar-refractivity contribution >= 4 is 40.5 Å². The maximum Gasteiger partial charge on any atom is 0.328 e. The molecule has 0 aliphatic carbocycles. The lowest BCUT2D eigenvalue weighted by Crippen LogP contribution is -2.66. The van der Waals surface area contributed by atoms with Gasteiger partial charge in [0, 0.05) is 18.7 Å². The monoisotopic (exact) mass is 495 g/mol. The Labute approximate surface area is 196 Å². The lowest BCUT2D eigenvalue weighted by atomic mass is 9.92. The molecule has 1 fully saturated rings. The number of phenolic OH excluding ortho intramolecular Hbond substituents is 2. The number of nitrogens with one attached hydrogen (secondary N) is 1. The molecule has 2 amide bonds. The number of hydrazone groups is 1. The number of rotatable bonds is 8. The summed E-state index contributed by atoms with van der Waals surface area (Å²) in [5, 5.41) is 33.0. The molecular weight excluding hydrogens is 470 g/mol. The van der Waals surface area contributed by atoms with E-state index in [0.29, 0.717) is 0 Å². The number of hydrogen-bond acceptors (Lipinski definition) is 9. The number of hydrogen-bond donors (Lipinski definition) is 5. The van der Waals surface area contributed by atoms with Gasteiger partial charge >= 0.3 is 5.97 Å². The molecule has 0 spiro atoms. The third-order valence-electron chi connectivity index (χ3n) is 5.93. The maximum absolute atomic E-state index is 12.7. The van der Waals surface area contributed by atoms with Gasteiger partial charge in [-0.2, -0.15) is 5.10 Å². The van der Waals surface area contributed by atoms with Gasteiger partial charge < -0.3 is 25.0 Å². The van der Waals surface area contributed by atoms with Crippen LogP contribution in [-0.4, -0.2) is 75.6 Å². The Hall–Kier alpha value is -3.61. The number of carbonyl (C=O) groups excluding carboxylic acids is 2. The Morgan fingerprint density at radius 3 is 2.56 bits per heavy atom. The van der Waals surface area contributed by atoms with Crippen LogP contribution in [0.3, 0.4) is 0 Å². The van der Waals surface area contributed by atoms with Gasteiger partial charge in [0.2, 0.25) is 5.91 Å². The molecule has 1 aromatic carbocycles. The molecule has 4 N–H and O–H groups in total. The van der Waals surface area contributed by atoms with E-state index in [0.717, 1.165) is 18.0 Å². The highest BCUT2D eigenvalue weighted by Crippen LogP contribution is 2.38. The third-order valence-corrected chi connectivity index (χ3v) is 7.07. The zero-order valence-electron chi connectivity index (χ0n) is 18.5. The van der Waals surface area contributed by atoms with Crippen molar-refractivity contribution in [2.75, 3.05) is 0 Å². The summed E-state index contributed by atoms with van der Waals surface area (Å²) < 4.78 is 27.6. The Bertz CT molecular complexity index is 1150. The average molecular weight is 496 g/mol. The van der Waals surface area contributed by atoms with Crippen molar-refractivity contribution in [3.05, 3.63) is 29.8 Å². The van der Waals surface area contributed by atoms with Gasteiger partial charge in [-0.05, 0) is 39.0 Å². The van der Waals surface area contributed by atoms with E-state index in [-0.39, 0.29) is 23.5 Å². The van der Waals surface area contributed by atoms with Crippen molar-refractivity contribution in [3.63, 3.8) is 0 Å². The molecule has 0 bridgehead atoms. The number of carbonyl (C=O) groups is 3. The number of aromatic hydroxyl groups is 2. The number of nitrogens with zero attached hydrogens (tertiary/aromatic N) is 2. The molecule has 1 saturated heterocycles. The van der Waals surface area contributed by atoms with Crippen LogP contribution < -0.4 is 5.43 Å². The molecule has 0 saturated carbocycles. The second-order valence-corrected chi connectivity index (χ2v) is 9.84. The smallest absolute Gasteiger partial charge is 0.328 e. The molecule has 2 aliphatic heterocycles. The normalized spacial score (nSPS) is 24.8. The topological polar surface area (TPSA) is 183 Å². The van der Waals surface area contributed by atoms with Crippen molar-refractivity contribution in [1.29, 1.82) is 0 Å². The number of benzene rings is 1. The molecular formula is C21H25N3O9S. The van der Waals surface area contributed by atoms with Crippen molar-refractivity contribution in [3.8, 4) is 11.5 Å². The summed E-state index contributed by atoms with van der Waals surface area (Å²) >= 11 is 0. The first kappa shape index (κ1) is 25.0. The summed E-state index contributed by atoms with van der Waals surface area (Å²) in [6, 6.07) is 2.09. The zero-order chi connectivity index (χ0) is 25.4. The molecule has 0 radical (unpaired) electrons. The SMILES string of the molecule is C[C@@H]1CC(=O)N1[C@@H](C(=O)O)[C@](C)(/C=N/NC(=O)[C@H]1C=C(c2cccc(O)c2O)O[C@@H]1C)[SH](=O)=O. The van der Waals surface area contributed by atoms with Gasteiger partial charge in [-0.1, -0.05) is 6.07 Å². The second kappa shape index (κ2) is 9.33. The highest BCUT2D eigenvalue weighted by Gasteiger charge is 2.52. The summed E-state index contributed by atoms with van der Waals surface area (Å²) in [5.41, 5.74) is 2.36. The highest BCUT2D eigenvalue weighted by atomic mass is 32.2. The Balaban J connectivity index is 1.80. The van der Waals surface area contributed by atoms with E-state index in [4.69, 9.17) is 4.74 Å². The van der Waals surface area contributed by atoms with Crippen LogP contribution in [0.5, 0.6) is 11.5 Å². The minimum Gasteiger partial charge on any atom is -0.504 e. The minimum atomic E-state index is -3.42. The number of carboxylic acids is 1. The van der Waals surface area contributed by atoms with Crippen LogP contribution in [0.1, 0.15) is 32.8 Å². The summed E-state index contributed by atoms with van der Waals surface area (Å²) in [4.78, 5) is 37.4. The standard InChI is InChI=1S/C21H25N3O9S/c1-10-7-16(26)24(10)18(20(29)30)21(3,34(31)32)9-22-23-19(28)13-8-15(33-11(13)2)12-5-4-6-14(25)17(12)27/h4-6,8-11,13,18,25,27,34H,7H2,1-3H3,(H,23,28)(H,29,30)/b22-9+/t10-,11-,13+,18+,21+/m1/s1. The van der Waals surface area contributed by atoms with E-state index in [1.54, 1.807) is 13.8 Å². The van der Waals surface area contributed by atoms with Crippen molar-refractivity contribution < 1.29 is 42.9 Å². The highest BCUT2D eigenvalue weighted by molar-refractivity contribution is 7.75. The van der Waals surface area contributed by atoms with Crippen LogP contribution in [-0.2, 0) is 29.8 Å². The number of para-hydroxylation sites is 1. The number of carboxylic acid groups (broad SMARTS) is 1. The lowest BCUT2D eigenvalue weighted by Gasteiger charge is -2.45. The predicted molar refractivity (Wildman–Crippen MR) is 119 cm³/mol. The van der Waals surface area contributed by atoms with E-state index in [2.05, 4.69) is 10.5 Å². The van der Waals surface area contributed by atoms with Crippen LogP contribution >= 0.6 is 0 Å². The summed E-state index contributed by atoms with van der Waals surface area (Å²) in [7, 11) is -3.42. The minimum absolute atomic E-state index is 0.104. The molecule has 1 aromatic rings. The van der Waals surface area contributed by atoms with Gasteiger partial charge in [-0.15, -0.1) is 0 Å². The largest absolute Gasteiger partial charge is 0.504 e. The van der Waals surface area contributed by atoms with Crippen molar-refractivity contribution in [2.24, 2.45) is 11.0 Å². The number of β-lactam (4-membered cyclic amide) rings is 1. The number of phenols is 2. The van der Waals surface area contributed by atoms with Crippen LogP contribution in [0.25, 0.3) is 5.76 Å². The van der Waals surface area contributed by atoms with E-state index >= 15 is 0 Å². The van der Waals surface area contributed by atoms with Crippen LogP contribution in [0, 0.1) is 5.92 Å². The quantitative estimate of drug-likeness (QED) is 0.109. The predicted octanol–water partition coefficient (Wildman–Crippen LogP) is 0.0197. The summed E-state index contributed by atoms with van der Waals surface area (Å²) in [6.45, 7) is 4.30. The number of ether oxygens (including phenoxy) is 1. The van der Waals surface area contributed by atoms with Gasteiger partial charge in [0.1, 0.15) is 16.6 Å². The fourth-order valence-electron chi connectivity index (χ4n) is 3.94. The molecule has 2 aliphatic rings. The van der Waals surface area contributed by atoms with Gasteiger partial charge in [-0.3, -0.25) is 9.59 Å². The van der Waals surface area contributed by atoms with E-state index in [1.165, 1.54) is 24.3 Å². The molecule has 3 rings (SSSR count). The van der Waals surface area contributed by atoms with Gasteiger partial charge in [-0.25, -0.2) is 18.6 Å². The molecule has 5 atom stereocenters. The molecule has 0 unspecified atom stereocenters. The fraction of sp³-hybridized carbons (Fsp3) is 0.429. The molecule has 34 heavy (non-hydrogen) atoms. The molecule has 184 valence electrons. The fourth-order valence-corrected chi connectivity index (χ4v) is 4.53. The summed E-state index contributed by atoms with van der Waals surface area (Å²) in [6.07, 6.45) is 1.63. The second-order valence-electron chi connectivity index (χ2n) is 8.37. The number of thiol groups is 1. The maximum atomic E-state index is 12.7. The molecule has 0 aromatic heterocycles. The lowest BCUT2D eigenvalue weighted by molar-refractivity contribution is -0.161. The first-order valence-electron chi connectivity index (χ1n) is 10.3. The van der Waals surface area contributed by atoms with Crippen molar-refractivity contribution in [1.82, 2.24) is 10.3 Å². The van der Waals surface area contributed by atoms with E-state index < -0.39 is 63.1 Å². The van der Waals surface area contributed by atoms with E-state index in [9.17, 15) is 38.1 Å². The van der Waals surface area contributed by atoms with Crippen LogP contribution in [0.15, 0.2) is 29.4 Å². The first-order valence-corrected chi connectivity index (χ1v) is 11.5. The average Bonchev–Trinajstić information content (AvgIpc) is 3.14. The number of aliphatic carboxylic acids is 1.